The SMILES string of the molecule is Cc1cc(Br)cc(N)c1Oc1cc(=O)[nH]cn1. The van der Waals surface area contributed by atoms with Crippen LogP contribution >= 0.6 is 15.9 Å². The van der Waals surface area contributed by atoms with E-state index in [2.05, 4.69) is 25.9 Å². The number of nitrogens with one attached hydrogen (secondary N) is 1. The van der Waals surface area contributed by atoms with Crippen molar-refractivity contribution in [1.82, 2.24) is 9.97 Å². The van der Waals surface area contributed by atoms with E-state index in [-0.39, 0.29) is 11.4 Å². The maximum Gasteiger partial charge on any atom is 0.254 e. The Balaban J connectivity index is 2.40. The van der Waals surface area contributed by atoms with Crippen molar-refractivity contribution in [2.24, 2.45) is 0 Å². The van der Waals surface area contributed by atoms with E-state index >= 15 is 0 Å². The minimum absolute atomic E-state index is 0.214. The topological polar surface area (TPSA) is 81.0 Å². The summed E-state index contributed by atoms with van der Waals surface area (Å²) in [5.74, 6) is 0.720. The van der Waals surface area contributed by atoms with E-state index in [0.29, 0.717) is 11.4 Å². The monoisotopic (exact) mass is 295 g/mol. The van der Waals surface area contributed by atoms with Gasteiger partial charge in [0.15, 0.2) is 5.75 Å². The Morgan fingerprint density at radius 2 is 2.18 bits per heavy atom. The van der Waals surface area contributed by atoms with E-state index < -0.39 is 0 Å². The number of nitrogens with zero attached hydrogens (tertiary/aromatic N) is 1. The maximum atomic E-state index is 11.1. The molecule has 0 amide bonds. The van der Waals surface area contributed by atoms with Gasteiger partial charge in [-0.2, -0.15) is 0 Å². The van der Waals surface area contributed by atoms with Gasteiger partial charge in [-0.15, -0.1) is 0 Å². The van der Waals surface area contributed by atoms with Gasteiger partial charge in [-0.3, -0.25) is 4.79 Å². The molecule has 0 aliphatic heterocycles. The first kappa shape index (κ1) is 11.7. The summed E-state index contributed by atoms with van der Waals surface area (Å²) in [6.45, 7) is 1.86. The van der Waals surface area contributed by atoms with Crippen molar-refractivity contribution in [2.45, 2.75) is 6.92 Å². The van der Waals surface area contributed by atoms with Crippen LogP contribution in [-0.2, 0) is 0 Å². The normalized spacial score (nSPS) is 10.2. The number of hydrogen-bond acceptors (Lipinski definition) is 4. The fourth-order valence-electron chi connectivity index (χ4n) is 1.41. The molecule has 0 radical (unpaired) electrons. The van der Waals surface area contributed by atoms with Gasteiger partial charge in [-0.25, -0.2) is 4.98 Å². The molecule has 88 valence electrons. The third kappa shape index (κ3) is 2.65. The van der Waals surface area contributed by atoms with E-state index in [1.54, 1.807) is 6.07 Å². The van der Waals surface area contributed by atoms with E-state index in [9.17, 15) is 4.79 Å². The summed E-state index contributed by atoms with van der Waals surface area (Å²) in [7, 11) is 0. The van der Waals surface area contributed by atoms with Crippen LogP contribution in [0.15, 0.2) is 33.8 Å². The molecule has 0 atom stereocenters. The Hall–Kier alpha value is -1.82. The Morgan fingerprint density at radius 3 is 2.82 bits per heavy atom. The van der Waals surface area contributed by atoms with Gasteiger partial charge in [0, 0.05) is 4.47 Å². The van der Waals surface area contributed by atoms with Gasteiger partial charge in [0.05, 0.1) is 18.1 Å². The number of benzene rings is 1. The third-order valence-electron chi connectivity index (χ3n) is 2.13. The van der Waals surface area contributed by atoms with Crippen molar-refractivity contribution in [3.8, 4) is 11.6 Å². The van der Waals surface area contributed by atoms with Crippen molar-refractivity contribution < 1.29 is 4.74 Å². The summed E-state index contributed by atoms with van der Waals surface area (Å²) >= 11 is 3.34. The highest BCUT2D eigenvalue weighted by Crippen LogP contribution is 2.32. The number of ether oxygens (including phenoxy) is 1. The van der Waals surface area contributed by atoms with Crippen LogP contribution in [-0.4, -0.2) is 9.97 Å². The number of hydrogen-bond donors (Lipinski definition) is 2. The first-order valence-corrected chi connectivity index (χ1v) is 5.64. The molecular weight excluding hydrogens is 286 g/mol. The summed E-state index contributed by atoms with van der Waals surface area (Å²) in [6, 6.07) is 4.87. The van der Waals surface area contributed by atoms with Crippen LogP contribution in [0.3, 0.4) is 0 Å². The Morgan fingerprint density at radius 1 is 1.41 bits per heavy atom. The smallest absolute Gasteiger partial charge is 0.254 e. The summed E-state index contributed by atoms with van der Waals surface area (Å²) < 4.78 is 6.37. The number of aryl methyl sites for hydroxylation is 1. The lowest BCUT2D eigenvalue weighted by molar-refractivity contribution is 0.459. The molecule has 17 heavy (non-hydrogen) atoms. The first-order valence-electron chi connectivity index (χ1n) is 4.84. The molecule has 0 bridgehead atoms. The predicted molar refractivity (Wildman–Crippen MR) is 68.2 cm³/mol. The van der Waals surface area contributed by atoms with Crippen LogP contribution in [0.2, 0.25) is 0 Å². The second kappa shape index (κ2) is 4.58. The number of H-pyrrole nitrogens is 1. The second-order valence-corrected chi connectivity index (χ2v) is 4.41. The van der Waals surface area contributed by atoms with Gasteiger partial charge in [-0.05, 0) is 24.6 Å². The fraction of sp³-hybridized carbons (Fsp3) is 0.0909. The van der Waals surface area contributed by atoms with Gasteiger partial charge in [0.1, 0.15) is 0 Å². The molecule has 0 aliphatic rings. The second-order valence-electron chi connectivity index (χ2n) is 3.49. The molecule has 6 heteroatoms. The van der Waals surface area contributed by atoms with E-state index in [4.69, 9.17) is 10.5 Å². The molecule has 0 saturated carbocycles. The van der Waals surface area contributed by atoms with Gasteiger partial charge in [-0.1, -0.05) is 15.9 Å². The zero-order chi connectivity index (χ0) is 12.4. The quantitative estimate of drug-likeness (QED) is 0.833. The van der Waals surface area contributed by atoms with E-state index in [0.717, 1.165) is 10.0 Å². The molecule has 0 spiro atoms. The highest BCUT2D eigenvalue weighted by Gasteiger charge is 2.08. The van der Waals surface area contributed by atoms with Crippen LogP contribution in [0.25, 0.3) is 0 Å². The Kier molecular flexibility index (Phi) is 3.14. The largest absolute Gasteiger partial charge is 0.436 e. The summed E-state index contributed by atoms with van der Waals surface area (Å²) in [5.41, 5.74) is 6.91. The number of aromatic nitrogens is 2. The number of rotatable bonds is 2. The Bertz CT molecular complexity index is 587. The average Bonchev–Trinajstić information content (AvgIpc) is 2.23. The van der Waals surface area contributed by atoms with Crippen molar-refractivity contribution in [3.63, 3.8) is 0 Å². The summed E-state index contributed by atoms with van der Waals surface area (Å²) in [4.78, 5) is 17.4. The number of halogens is 1. The number of nitrogens with two attached hydrogens (primary N) is 1. The molecule has 0 fully saturated rings. The highest BCUT2D eigenvalue weighted by atomic mass is 79.9. The zero-order valence-electron chi connectivity index (χ0n) is 9.03. The number of aromatic amines is 1. The fourth-order valence-corrected chi connectivity index (χ4v) is 2.00. The molecule has 0 aliphatic carbocycles. The minimum Gasteiger partial charge on any atom is -0.436 e. The lowest BCUT2D eigenvalue weighted by Gasteiger charge is -2.10. The highest BCUT2D eigenvalue weighted by molar-refractivity contribution is 9.10. The zero-order valence-corrected chi connectivity index (χ0v) is 10.6. The van der Waals surface area contributed by atoms with Crippen LogP contribution in [0.5, 0.6) is 11.6 Å². The predicted octanol–water partition coefficient (Wildman–Crippen LogP) is 2.22. The number of anilines is 1. The lowest BCUT2D eigenvalue weighted by Crippen LogP contribution is -2.05. The van der Waals surface area contributed by atoms with Crippen LogP contribution in [0.1, 0.15) is 5.56 Å². The first-order chi connectivity index (χ1) is 8.06. The molecule has 5 nitrogen and oxygen atoms in total. The van der Waals surface area contributed by atoms with Crippen molar-refractivity contribution >= 4 is 21.6 Å². The molecule has 3 N–H and O–H groups in total. The molecule has 1 aromatic heterocycles. The summed E-state index contributed by atoms with van der Waals surface area (Å²) in [6.07, 6.45) is 1.28. The third-order valence-corrected chi connectivity index (χ3v) is 2.59. The van der Waals surface area contributed by atoms with Gasteiger partial charge < -0.3 is 15.5 Å². The maximum absolute atomic E-state index is 11.1. The van der Waals surface area contributed by atoms with Gasteiger partial charge in [0.2, 0.25) is 5.88 Å². The minimum atomic E-state index is -0.275. The molecule has 1 aromatic carbocycles. The van der Waals surface area contributed by atoms with Gasteiger partial charge in [0.25, 0.3) is 5.56 Å². The number of nitrogen functional groups attached to an aromatic ring is 1. The van der Waals surface area contributed by atoms with Crippen LogP contribution < -0.4 is 16.0 Å². The molecule has 0 unspecified atom stereocenters. The molecule has 0 saturated heterocycles. The molecule has 2 aromatic rings. The molecule has 1 heterocycles. The van der Waals surface area contributed by atoms with Gasteiger partial charge >= 0.3 is 0 Å². The standard InChI is InChI=1S/C11H10BrN3O2/c1-6-2-7(12)3-8(13)11(6)17-10-4-9(16)14-5-15-10/h2-5H,13H2,1H3,(H,14,15,16). The van der Waals surface area contributed by atoms with E-state index in [1.165, 1.54) is 12.4 Å². The molecular formula is C11H10BrN3O2. The Labute approximate surface area is 106 Å². The van der Waals surface area contributed by atoms with Crippen LogP contribution in [0.4, 0.5) is 5.69 Å². The van der Waals surface area contributed by atoms with Crippen molar-refractivity contribution in [2.75, 3.05) is 5.73 Å². The van der Waals surface area contributed by atoms with Crippen molar-refractivity contribution in [3.05, 3.63) is 44.9 Å². The molecule has 2 rings (SSSR count). The summed E-state index contributed by atoms with van der Waals surface area (Å²) in [5, 5.41) is 0. The average molecular weight is 296 g/mol. The van der Waals surface area contributed by atoms with Crippen LogP contribution in [0, 0.1) is 6.92 Å². The lowest BCUT2D eigenvalue weighted by atomic mass is 10.2. The van der Waals surface area contributed by atoms with Crippen molar-refractivity contribution in [1.29, 1.82) is 0 Å². The van der Waals surface area contributed by atoms with E-state index in [1.807, 2.05) is 13.0 Å².